The largest absolute Gasteiger partial charge is 0.445 e. The number of ether oxygens (including phenoxy) is 2. The normalized spacial score (nSPS) is 16.9. The highest BCUT2D eigenvalue weighted by Gasteiger charge is 2.55. The minimum Gasteiger partial charge on any atom is -0.445 e. The first-order chi connectivity index (χ1) is 29.7. The van der Waals surface area contributed by atoms with Crippen LogP contribution in [0.3, 0.4) is 0 Å². The monoisotopic (exact) mass is 821 g/mol. The summed E-state index contributed by atoms with van der Waals surface area (Å²) in [6, 6.07) is 29.7. The van der Waals surface area contributed by atoms with Crippen LogP contribution in [0.15, 0.2) is 103 Å². The Balaban J connectivity index is 0.938. The lowest BCUT2D eigenvalue weighted by molar-refractivity contribution is -0.141. The van der Waals surface area contributed by atoms with Crippen molar-refractivity contribution in [2.24, 2.45) is 5.41 Å². The molecule has 1 aliphatic heterocycles. The number of aromatic nitrogens is 4. The van der Waals surface area contributed by atoms with Crippen LogP contribution in [0, 0.1) is 5.41 Å². The van der Waals surface area contributed by atoms with E-state index in [0.717, 1.165) is 94.3 Å². The van der Waals surface area contributed by atoms with Gasteiger partial charge in [-0.2, -0.15) is 0 Å². The Morgan fingerprint density at radius 2 is 1.51 bits per heavy atom. The van der Waals surface area contributed by atoms with Crippen molar-refractivity contribution in [3.8, 4) is 33.6 Å². The summed E-state index contributed by atoms with van der Waals surface area (Å²) in [7, 11) is 1.56. The Bertz CT molecular complexity index is 2470. The van der Waals surface area contributed by atoms with Crippen molar-refractivity contribution in [2.45, 2.75) is 96.6 Å². The average molecular weight is 822 g/mol. The number of H-pyrrole nitrogens is 2. The van der Waals surface area contributed by atoms with Gasteiger partial charge in [0.25, 0.3) is 0 Å². The van der Waals surface area contributed by atoms with E-state index in [2.05, 4.69) is 93.2 Å². The van der Waals surface area contributed by atoms with E-state index in [4.69, 9.17) is 14.5 Å². The maximum absolute atomic E-state index is 14.0. The van der Waals surface area contributed by atoms with E-state index in [-0.39, 0.29) is 35.9 Å². The van der Waals surface area contributed by atoms with Gasteiger partial charge in [-0.1, -0.05) is 106 Å². The molecule has 4 aromatic carbocycles. The molecule has 4 atom stereocenters. The first-order valence-corrected chi connectivity index (χ1v) is 21.5. The van der Waals surface area contributed by atoms with Gasteiger partial charge in [-0.15, -0.1) is 0 Å². The number of imidazole rings is 2. The Kier molecular flexibility index (Phi) is 12.3. The summed E-state index contributed by atoms with van der Waals surface area (Å²) < 4.78 is 11.0. The molecule has 2 aliphatic rings. The Labute approximate surface area is 356 Å². The van der Waals surface area contributed by atoms with Crippen LogP contribution in [0.5, 0.6) is 0 Å². The quantitative estimate of drug-likeness (QED) is 0.0759. The molecule has 1 saturated heterocycles. The number of alkyl carbamates (subject to hydrolysis) is 1. The van der Waals surface area contributed by atoms with Crippen LogP contribution < -0.4 is 10.6 Å². The Morgan fingerprint density at radius 3 is 2.21 bits per heavy atom. The van der Waals surface area contributed by atoms with Crippen molar-refractivity contribution in [1.82, 2.24) is 35.5 Å². The highest BCUT2D eigenvalue weighted by atomic mass is 16.5. The van der Waals surface area contributed by atoms with Crippen LogP contribution in [0.1, 0.15) is 95.0 Å². The molecule has 0 unspecified atom stereocenters. The number of carbonyl (C=O) groups is 3. The molecule has 12 heteroatoms. The number of aromatic amines is 2. The van der Waals surface area contributed by atoms with E-state index in [1.807, 2.05) is 54.5 Å². The van der Waals surface area contributed by atoms with Crippen LogP contribution in [-0.2, 0) is 25.7 Å². The topological polar surface area (TPSA) is 154 Å². The molecule has 12 nitrogen and oxygen atoms in total. The number of benzene rings is 4. The molecule has 4 N–H and O–H groups in total. The lowest BCUT2D eigenvalue weighted by Crippen LogP contribution is -2.54. The zero-order chi connectivity index (χ0) is 42.5. The third-order valence-electron chi connectivity index (χ3n) is 12.4. The third kappa shape index (κ3) is 9.39. The predicted octanol–water partition coefficient (Wildman–Crippen LogP) is 9.43. The smallest absolute Gasteiger partial charge is 0.408 e. The van der Waals surface area contributed by atoms with Crippen LogP contribution in [0.4, 0.5) is 4.79 Å². The molecule has 1 saturated carbocycles. The zero-order valence-corrected chi connectivity index (χ0v) is 35.4. The number of nitrogens with zero attached hydrogens (tertiary/aromatic N) is 3. The van der Waals surface area contributed by atoms with Crippen molar-refractivity contribution in [3.05, 3.63) is 121 Å². The van der Waals surface area contributed by atoms with Gasteiger partial charge in [-0.05, 0) is 83.2 Å². The summed E-state index contributed by atoms with van der Waals surface area (Å²) in [6.45, 7) is 6.58. The van der Waals surface area contributed by atoms with Crippen molar-refractivity contribution < 1.29 is 23.9 Å². The van der Waals surface area contributed by atoms with Gasteiger partial charge in [0.05, 0.1) is 42.0 Å². The van der Waals surface area contributed by atoms with E-state index < -0.39 is 18.2 Å². The molecule has 0 radical (unpaired) electrons. The SMILES string of the molecule is CCCC[C@H](NC(=O)OCc1ccccc1)c1ncc(-c2ccc3cc(-c4ccc(-c5cnc([C@@H]6CC7(CC7)CN6C(=O)[C@@H](NC(=O)CC)[C@@H](C)OC)[nH]5)cc4)ccc3c2)[nH]1. The fraction of sp³-hybridized carbons (Fsp3) is 0.367. The molecule has 0 bridgehead atoms. The molecule has 1 spiro atoms. The Morgan fingerprint density at radius 1 is 0.836 bits per heavy atom. The van der Waals surface area contributed by atoms with Crippen molar-refractivity contribution in [1.29, 1.82) is 0 Å². The second-order valence-corrected chi connectivity index (χ2v) is 16.6. The number of rotatable bonds is 16. The first kappa shape index (κ1) is 41.5. The van der Waals surface area contributed by atoms with Crippen LogP contribution >= 0.6 is 0 Å². The maximum atomic E-state index is 14.0. The molecule has 3 amide bonds. The second kappa shape index (κ2) is 18.1. The number of likely N-dealkylation sites (tertiary alicyclic amines) is 1. The number of unbranched alkanes of at least 4 members (excludes halogenated alkanes) is 1. The maximum Gasteiger partial charge on any atom is 0.408 e. The summed E-state index contributed by atoms with van der Waals surface area (Å²) >= 11 is 0. The lowest BCUT2D eigenvalue weighted by atomic mass is 9.98. The average Bonchev–Trinajstić information content (AvgIpc) is 3.62. The minimum atomic E-state index is -0.764. The van der Waals surface area contributed by atoms with Gasteiger partial charge >= 0.3 is 6.09 Å². The van der Waals surface area contributed by atoms with E-state index in [0.29, 0.717) is 18.8 Å². The van der Waals surface area contributed by atoms with Crippen molar-refractivity contribution in [2.75, 3.05) is 13.7 Å². The number of amides is 3. The van der Waals surface area contributed by atoms with Crippen molar-refractivity contribution in [3.63, 3.8) is 0 Å². The number of hydrogen-bond donors (Lipinski definition) is 4. The number of fused-ring (bicyclic) bond motifs is 1. The number of methoxy groups -OCH3 is 1. The molecule has 1 aliphatic carbocycles. The van der Waals surface area contributed by atoms with Crippen LogP contribution in [-0.4, -0.2) is 68.5 Å². The van der Waals surface area contributed by atoms with Gasteiger partial charge in [0.15, 0.2) is 0 Å². The summed E-state index contributed by atoms with van der Waals surface area (Å²) in [6.07, 6.45) is 8.72. The fourth-order valence-electron chi connectivity index (χ4n) is 8.38. The molecule has 316 valence electrons. The summed E-state index contributed by atoms with van der Waals surface area (Å²) in [5.41, 5.74) is 7.02. The zero-order valence-electron chi connectivity index (χ0n) is 35.4. The van der Waals surface area contributed by atoms with Gasteiger partial charge in [-0.3, -0.25) is 9.59 Å². The third-order valence-corrected chi connectivity index (χ3v) is 12.4. The minimum absolute atomic E-state index is 0.117. The second-order valence-electron chi connectivity index (χ2n) is 16.6. The van der Waals surface area contributed by atoms with Gasteiger partial charge in [0, 0.05) is 25.6 Å². The van der Waals surface area contributed by atoms with Gasteiger partial charge in [-0.25, -0.2) is 14.8 Å². The van der Waals surface area contributed by atoms with Crippen molar-refractivity contribution >= 4 is 28.7 Å². The van der Waals surface area contributed by atoms with Crippen LogP contribution in [0.25, 0.3) is 44.4 Å². The Hall–Kier alpha value is -6.27. The molecule has 61 heavy (non-hydrogen) atoms. The summed E-state index contributed by atoms with van der Waals surface area (Å²) in [5, 5.41) is 8.14. The first-order valence-electron chi connectivity index (χ1n) is 21.5. The molecular weight excluding hydrogens is 767 g/mol. The highest BCUT2D eigenvalue weighted by Crippen LogP contribution is 2.58. The molecule has 6 aromatic rings. The van der Waals surface area contributed by atoms with Gasteiger partial charge in [0.2, 0.25) is 11.8 Å². The van der Waals surface area contributed by atoms with Crippen LogP contribution in [0.2, 0.25) is 0 Å². The molecule has 2 fully saturated rings. The van der Waals surface area contributed by atoms with E-state index in [9.17, 15) is 14.4 Å². The number of hydrogen-bond acceptors (Lipinski definition) is 7. The van der Waals surface area contributed by atoms with E-state index in [1.54, 1.807) is 14.0 Å². The predicted molar refractivity (Wildman–Crippen MR) is 236 cm³/mol. The summed E-state index contributed by atoms with van der Waals surface area (Å²) in [5.74, 6) is 1.15. The molecule has 2 aromatic heterocycles. The molecule has 3 heterocycles. The lowest BCUT2D eigenvalue weighted by Gasteiger charge is -2.31. The van der Waals surface area contributed by atoms with Gasteiger partial charge < -0.3 is 35.0 Å². The van der Waals surface area contributed by atoms with E-state index >= 15 is 0 Å². The molecule has 8 rings (SSSR count). The standard InChI is InChI=1S/C49H55N7O5/c1-5-7-13-39(54-48(59)61-29-32-11-9-8-10-12-32)45-50-28-41(52-45)38-21-20-36-24-35(18-19-37(36)25-38)33-14-16-34(17-15-33)40-27-51-46(53-40)42-26-49(22-23-49)30-56(42)47(58)44(31(3)60-4)55-43(57)6-2/h8-12,14-21,24-25,27-28,31,39,42,44H,5-7,13,22-23,26,29-30H2,1-4H3,(H,50,52)(H,51,53)(H,54,59)(H,55,57)/t31-,39+,42+,44+/m1/s1. The fourth-order valence-corrected chi connectivity index (χ4v) is 8.38. The van der Waals surface area contributed by atoms with E-state index in [1.165, 1.54) is 0 Å². The summed E-state index contributed by atoms with van der Waals surface area (Å²) in [4.78, 5) is 57.5. The molecular formula is C49H55N7O5. The number of nitrogens with one attached hydrogen (secondary N) is 4. The number of carbonyl (C=O) groups excluding carboxylic acids is 3. The van der Waals surface area contributed by atoms with Gasteiger partial charge in [0.1, 0.15) is 24.3 Å². The highest BCUT2D eigenvalue weighted by molar-refractivity contribution is 5.91.